The standard InChI is InChI=1S/C28H27N7O3S2/c1-18-23(27(38)35(31(18)3)19-9-5-4-6-10-19)34-26(37)21(40-28(34)39)17-20-24(32-15-13-30(2)14-16-32)29-22-11-7-8-12-33(22)25(20)36/h4-12,17H,13-16H2,1-3H3/b21-17+. The summed E-state index contributed by atoms with van der Waals surface area (Å²) >= 11 is 6.70. The van der Waals surface area contributed by atoms with E-state index < -0.39 is 5.91 Å². The number of piperazine rings is 1. The predicted molar refractivity (Wildman–Crippen MR) is 163 cm³/mol. The molecule has 10 nitrogen and oxygen atoms in total. The lowest BCUT2D eigenvalue weighted by molar-refractivity contribution is -0.113. The fourth-order valence-electron chi connectivity index (χ4n) is 5.08. The molecular weight excluding hydrogens is 546 g/mol. The van der Waals surface area contributed by atoms with Crippen LogP contribution in [0.5, 0.6) is 0 Å². The fourth-order valence-corrected chi connectivity index (χ4v) is 6.33. The molecule has 0 N–H and O–H groups in total. The quantitative estimate of drug-likeness (QED) is 0.272. The number of thioether (sulfide) groups is 1. The van der Waals surface area contributed by atoms with Crippen molar-refractivity contribution in [3.05, 3.63) is 91.6 Å². The maximum Gasteiger partial charge on any atom is 0.296 e. The second kappa shape index (κ2) is 10.2. The average Bonchev–Trinajstić information content (AvgIpc) is 3.35. The van der Waals surface area contributed by atoms with E-state index in [9.17, 15) is 14.4 Å². The number of benzene rings is 1. The first kappa shape index (κ1) is 26.2. The zero-order valence-electron chi connectivity index (χ0n) is 22.3. The minimum absolute atomic E-state index is 0.199. The molecule has 0 bridgehead atoms. The summed E-state index contributed by atoms with van der Waals surface area (Å²) in [5.41, 5.74) is 1.70. The van der Waals surface area contributed by atoms with Gasteiger partial charge in [-0.05, 0) is 44.3 Å². The van der Waals surface area contributed by atoms with Crippen molar-refractivity contribution < 1.29 is 4.79 Å². The van der Waals surface area contributed by atoms with Crippen molar-refractivity contribution in [3.8, 4) is 5.69 Å². The number of anilines is 2. The van der Waals surface area contributed by atoms with Crippen LogP contribution in [0, 0.1) is 6.92 Å². The van der Waals surface area contributed by atoms with Gasteiger partial charge >= 0.3 is 0 Å². The van der Waals surface area contributed by atoms with Gasteiger partial charge in [-0.15, -0.1) is 0 Å². The zero-order chi connectivity index (χ0) is 28.1. The Balaban J connectivity index is 1.46. The molecule has 2 aliphatic heterocycles. The van der Waals surface area contributed by atoms with Crippen LogP contribution in [0.2, 0.25) is 0 Å². The van der Waals surface area contributed by atoms with E-state index >= 15 is 0 Å². The third kappa shape index (κ3) is 4.28. The van der Waals surface area contributed by atoms with E-state index in [4.69, 9.17) is 17.2 Å². The van der Waals surface area contributed by atoms with Crippen LogP contribution in [0.1, 0.15) is 11.3 Å². The molecule has 2 fully saturated rings. The van der Waals surface area contributed by atoms with Crippen LogP contribution in [0.25, 0.3) is 17.4 Å². The number of hydrogen-bond donors (Lipinski definition) is 0. The van der Waals surface area contributed by atoms with E-state index in [1.807, 2.05) is 36.4 Å². The van der Waals surface area contributed by atoms with Gasteiger partial charge in [0, 0.05) is 39.4 Å². The fraction of sp³-hybridized carbons (Fsp3) is 0.250. The highest BCUT2D eigenvalue weighted by Gasteiger charge is 2.38. The molecule has 3 aromatic heterocycles. The van der Waals surface area contributed by atoms with E-state index in [0.717, 1.165) is 24.9 Å². The first-order valence-electron chi connectivity index (χ1n) is 12.8. The van der Waals surface area contributed by atoms with Crippen LogP contribution in [0.3, 0.4) is 0 Å². The van der Waals surface area contributed by atoms with Gasteiger partial charge in [0.25, 0.3) is 17.0 Å². The third-order valence-electron chi connectivity index (χ3n) is 7.37. The summed E-state index contributed by atoms with van der Waals surface area (Å²) < 4.78 is 4.93. The zero-order valence-corrected chi connectivity index (χ0v) is 23.9. The van der Waals surface area contributed by atoms with Crippen molar-refractivity contribution in [1.29, 1.82) is 0 Å². The van der Waals surface area contributed by atoms with Crippen molar-refractivity contribution in [2.45, 2.75) is 6.92 Å². The summed E-state index contributed by atoms with van der Waals surface area (Å²) in [6.07, 6.45) is 3.25. The molecule has 2 saturated heterocycles. The lowest BCUT2D eigenvalue weighted by Crippen LogP contribution is -2.45. The molecule has 0 saturated carbocycles. The normalized spacial score (nSPS) is 17.5. The Morgan fingerprint density at radius 2 is 1.62 bits per heavy atom. The van der Waals surface area contributed by atoms with Crippen LogP contribution >= 0.6 is 24.0 Å². The van der Waals surface area contributed by atoms with Gasteiger partial charge in [0.1, 0.15) is 17.2 Å². The van der Waals surface area contributed by atoms with Gasteiger partial charge in [0.2, 0.25) is 0 Å². The molecule has 2 aliphatic rings. The Labute approximate surface area is 239 Å². The molecule has 0 aliphatic carbocycles. The van der Waals surface area contributed by atoms with Gasteiger partial charge in [-0.1, -0.05) is 48.2 Å². The largest absolute Gasteiger partial charge is 0.353 e. The molecule has 204 valence electrons. The number of carbonyl (C=O) groups excluding carboxylic acids is 1. The first-order chi connectivity index (χ1) is 19.3. The molecule has 1 aromatic carbocycles. The number of amides is 1. The van der Waals surface area contributed by atoms with Crippen LogP contribution in [-0.2, 0) is 11.8 Å². The SMILES string of the molecule is Cc1c(N2C(=O)/C(=C\c3c(N4CCN(C)CC4)nc4ccccn4c3=O)SC2=S)c(=O)n(-c2ccccc2)n1C. The molecule has 1 amide bonds. The van der Waals surface area contributed by atoms with Gasteiger partial charge < -0.3 is 9.80 Å². The van der Waals surface area contributed by atoms with E-state index in [2.05, 4.69) is 16.8 Å². The molecule has 4 aromatic rings. The van der Waals surface area contributed by atoms with E-state index in [1.165, 1.54) is 14.0 Å². The van der Waals surface area contributed by atoms with Crippen LogP contribution < -0.4 is 20.9 Å². The van der Waals surface area contributed by atoms with Gasteiger partial charge in [0.05, 0.1) is 21.8 Å². The first-order valence-corrected chi connectivity index (χ1v) is 14.1. The number of fused-ring (bicyclic) bond motifs is 1. The highest BCUT2D eigenvalue weighted by atomic mass is 32.2. The second-order valence-corrected chi connectivity index (χ2v) is 11.5. The molecule has 0 radical (unpaired) electrons. The molecule has 6 rings (SSSR count). The minimum atomic E-state index is -0.442. The van der Waals surface area contributed by atoms with E-state index in [1.54, 1.807) is 43.1 Å². The molecule has 40 heavy (non-hydrogen) atoms. The average molecular weight is 574 g/mol. The number of rotatable bonds is 4. The summed E-state index contributed by atoms with van der Waals surface area (Å²) in [5.74, 6) is 0.0970. The Morgan fingerprint density at radius 3 is 2.35 bits per heavy atom. The van der Waals surface area contributed by atoms with Crippen LogP contribution in [0.4, 0.5) is 11.5 Å². The van der Waals surface area contributed by atoms with Gasteiger partial charge in [-0.2, -0.15) is 0 Å². The second-order valence-electron chi connectivity index (χ2n) is 9.80. The number of pyridine rings is 1. The Hall–Kier alpha value is -4.00. The number of para-hydroxylation sites is 1. The molecule has 5 heterocycles. The Morgan fingerprint density at radius 1 is 0.925 bits per heavy atom. The van der Waals surface area contributed by atoms with Crippen LogP contribution in [0.15, 0.2) is 69.2 Å². The number of nitrogens with zero attached hydrogens (tertiary/aromatic N) is 7. The molecular formula is C28H27N7O3S2. The van der Waals surface area contributed by atoms with Crippen molar-refractivity contribution in [3.63, 3.8) is 0 Å². The summed E-state index contributed by atoms with van der Waals surface area (Å²) in [4.78, 5) is 51.9. The third-order valence-corrected chi connectivity index (χ3v) is 8.67. The van der Waals surface area contributed by atoms with Crippen LogP contribution in [-0.4, -0.2) is 67.1 Å². The minimum Gasteiger partial charge on any atom is -0.353 e. The smallest absolute Gasteiger partial charge is 0.296 e. The highest BCUT2D eigenvalue weighted by Crippen LogP contribution is 2.37. The lowest BCUT2D eigenvalue weighted by Gasteiger charge is -2.34. The van der Waals surface area contributed by atoms with Crippen molar-refractivity contribution in [1.82, 2.24) is 23.6 Å². The van der Waals surface area contributed by atoms with E-state index in [0.29, 0.717) is 41.5 Å². The van der Waals surface area contributed by atoms with Crippen molar-refractivity contribution in [2.75, 3.05) is 43.0 Å². The summed E-state index contributed by atoms with van der Waals surface area (Å²) in [6, 6.07) is 14.6. The van der Waals surface area contributed by atoms with E-state index in [-0.39, 0.29) is 26.0 Å². The van der Waals surface area contributed by atoms with Gasteiger partial charge in [0.15, 0.2) is 4.32 Å². The number of aromatic nitrogens is 4. The molecule has 0 atom stereocenters. The number of likely N-dealkylation sites (N-methyl/N-ethyl adjacent to an activating group) is 1. The number of carbonyl (C=O) groups is 1. The maximum absolute atomic E-state index is 13.8. The van der Waals surface area contributed by atoms with Gasteiger partial charge in [-0.3, -0.25) is 28.4 Å². The summed E-state index contributed by atoms with van der Waals surface area (Å²) in [7, 11) is 3.83. The lowest BCUT2D eigenvalue weighted by atomic mass is 10.2. The molecule has 12 heteroatoms. The van der Waals surface area contributed by atoms with Crippen molar-refractivity contribution >= 4 is 57.4 Å². The molecule has 0 spiro atoms. The maximum atomic E-state index is 13.8. The summed E-state index contributed by atoms with van der Waals surface area (Å²) in [5, 5.41) is 0. The number of thiocarbonyl (C=S) groups is 1. The molecule has 0 unspecified atom stereocenters. The Bertz CT molecular complexity index is 1820. The van der Waals surface area contributed by atoms with Gasteiger partial charge in [-0.25, -0.2) is 9.67 Å². The topological polar surface area (TPSA) is 88.1 Å². The number of hydrogen-bond acceptors (Lipinski definition) is 8. The predicted octanol–water partition coefficient (Wildman–Crippen LogP) is 2.65. The highest BCUT2D eigenvalue weighted by molar-refractivity contribution is 8.27. The Kier molecular flexibility index (Phi) is 6.69. The summed E-state index contributed by atoms with van der Waals surface area (Å²) in [6.45, 7) is 4.85. The monoisotopic (exact) mass is 573 g/mol. The van der Waals surface area contributed by atoms with Crippen molar-refractivity contribution in [2.24, 2.45) is 7.05 Å².